The fourth-order valence-corrected chi connectivity index (χ4v) is 4.68. The molecule has 0 aliphatic rings. The van der Waals surface area contributed by atoms with Crippen molar-refractivity contribution in [1.82, 2.24) is 4.98 Å². The lowest BCUT2D eigenvalue weighted by molar-refractivity contribution is 1.29. The molecule has 0 spiro atoms. The fourth-order valence-electron chi connectivity index (χ4n) is 3.56. The summed E-state index contributed by atoms with van der Waals surface area (Å²) in [5.41, 5.74) is 7.28. The van der Waals surface area contributed by atoms with Gasteiger partial charge in [-0.1, -0.05) is 48.0 Å². The van der Waals surface area contributed by atoms with Crippen LogP contribution in [-0.2, 0) is 0 Å². The molecule has 2 heterocycles. The smallest absolute Gasteiger partial charge is 0.0704 e. The molecule has 0 amide bonds. The van der Waals surface area contributed by atoms with Crippen molar-refractivity contribution in [2.24, 2.45) is 0 Å². The van der Waals surface area contributed by atoms with Crippen LogP contribution in [0.3, 0.4) is 0 Å². The molecular formula is C25H19NS. The molecule has 3 aromatic carbocycles. The second kappa shape index (κ2) is 6.33. The number of hydrogen-bond donors (Lipinski definition) is 0. The van der Waals surface area contributed by atoms with Gasteiger partial charge in [0.2, 0.25) is 0 Å². The number of pyridine rings is 1. The zero-order valence-corrected chi connectivity index (χ0v) is 16.2. The van der Waals surface area contributed by atoms with E-state index in [0.29, 0.717) is 0 Å². The molecule has 130 valence electrons. The summed E-state index contributed by atoms with van der Waals surface area (Å²) in [7, 11) is 0. The minimum atomic E-state index is 1.03. The first-order valence-electron chi connectivity index (χ1n) is 9.14. The molecule has 1 nitrogen and oxygen atoms in total. The van der Waals surface area contributed by atoms with Gasteiger partial charge in [0.15, 0.2) is 0 Å². The van der Waals surface area contributed by atoms with Crippen LogP contribution in [0.15, 0.2) is 79.0 Å². The average Bonchev–Trinajstić information content (AvgIpc) is 3.05. The lowest BCUT2D eigenvalue weighted by atomic mass is 10.0. The third-order valence-corrected chi connectivity index (χ3v) is 6.20. The third kappa shape index (κ3) is 2.92. The van der Waals surface area contributed by atoms with E-state index >= 15 is 0 Å². The van der Waals surface area contributed by atoms with E-state index in [1.165, 1.54) is 48.0 Å². The minimum absolute atomic E-state index is 1.03. The number of thiophene rings is 1. The number of aryl methyl sites for hydroxylation is 2. The van der Waals surface area contributed by atoms with E-state index < -0.39 is 0 Å². The molecular weight excluding hydrogens is 346 g/mol. The Balaban J connectivity index is 1.65. The lowest BCUT2D eigenvalue weighted by Crippen LogP contribution is -1.84. The number of rotatable bonds is 2. The molecule has 0 bridgehead atoms. The van der Waals surface area contributed by atoms with Crippen molar-refractivity contribution in [2.75, 3.05) is 0 Å². The molecule has 27 heavy (non-hydrogen) atoms. The van der Waals surface area contributed by atoms with Gasteiger partial charge in [0.05, 0.1) is 5.69 Å². The molecule has 2 heteroatoms. The standard InChI is InChI=1S/C25H19NS/c1-16-3-5-18(6-4-16)19-7-9-21-22-14-20(23-13-17(2)11-12-26-23)8-10-24(22)27-25(21)15-19/h3-15H,1-2H3. The van der Waals surface area contributed by atoms with Crippen molar-refractivity contribution < 1.29 is 0 Å². The molecule has 0 saturated carbocycles. The van der Waals surface area contributed by atoms with E-state index in [1.807, 2.05) is 23.6 Å². The highest BCUT2D eigenvalue weighted by Crippen LogP contribution is 2.38. The molecule has 2 aromatic heterocycles. The fraction of sp³-hybridized carbons (Fsp3) is 0.0800. The molecule has 0 unspecified atom stereocenters. The van der Waals surface area contributed by atoms with Gasteiger partial charge < -0.3 is 0 Å². The molecule has 0 fully saturated rings. The van der Waals surface area contributed by atoms with Crippen molar-refractivity contribution in [3.05, 3.63) is 90.1 Å². The zero-order valence-electron chi connectivity index (χ0n) is 15.4. The van der Waals surface area contributed by atoms with Gasteiger partial charge in [0.25, 0.3) is 0 Å². The molecule has 0 aliphatic carbocycles. The van der Waals surface area contributed by atoms with Crippen molar-refractivity contribution >= 4 is 31.5 Å². The summed E-state index contributed by atoms with van der Waals surface area (Å²) >= 11 is 1.86. The molecule has 0 saturated heterocycles. The monoisotopic (exact) mass is 365 g/mol. The maximum atomic E-state index is 4.55. The van der Waals surface area contributed by atoms with Crippen molar-refractivity contribution in [1.29, 1.82) is 0 Å². The van der Waals surface area contributed by atoms with E-state index in [0.717, 1.165) is 5.69 Å². The van der Waals surface area contributed by atoms with Gasteiger partial charge in [0, 0.05) is 31.9 Å². The van der Waals surface area contributed by atoms with E-state index in [2.05, 4.69) is 85.6 Å². The molecule has 5 aromatic rings. The van der Waals surface area contributed by atoms with Gasteiger partial charge in [0.1, 0.15) is 0 Å². The van der Waals surface area contributed by atoms with Crippen LogP contribution >= 0.6 is 11.3 Å². The van der Waals surface area contributed by atoms with Crippen molar-refractivity contribution in [2.45, 2.75) is 13.8 Å². The first kappa shape index (κ1) is 16.2. The number of aromatic nitrogens is 1. The van der Waals surface area contributed by atoms with Crippen LogP contribution in [0.25, 0.3) is 42.6 Å². The number of nitrogens with zero attached hydrogens (tertiary/aromatic N) is 1. The summed E-state index contributed by atoms with van der Waals surface area (Å²) in [4.78, 5) is 4.55. The Morgan fingerprint density at radius 2 is 1.37 bits per heavy atom. The van der Waals surface area contributed by atoms with Gasteiger partial charge in [-0.3, -0.25) is 4.98 Å². The molecule has 0 aliphatic heterocycles. The molecule has 0 radical (unpaired) electrons. The van der Waals surface area contributed by atoms with Gasteiger partial charge in [-0.25, -0.2) is 0 Å². The van der Waals surface area contributed by atoms with Crippen LogP contribution in [0, 0.1) is 13.8 Å². The normalized spacial score (nSPS) is 11.3. The Morgan fingerprint density at radius 1 is 0.593 bits per heavy atom. The topological polar surface area (TPSA) is 12.9 Å². The zero-order chi connectivity index (χ0) is 18.4. The summed E-state index contributed by atoms with van der Waals surface area (Å²) in [6.07, 6.45) is 1.88. The summed E-state index contributed by atoms with van der Waals surface area (Å²) in [5, 5.41) is 2.63. The van der Waals surface area contributed by atoms with Crippen LogP contribution in [-0.4, -0.2) is 4.98 Å². The highest BCUT2D eigenvalue weighted by molar-refractivity contribution is 7.25. The van der Waals surface area contributed by atoms with Gasteiger partial charge >= 0.3 is 0 Å². The molecule has 0 atom stereocenters. The average molecular weight is 366 g/mol. The predicted molar refractivity (Wildman–Crippen MR) is 117 cm³/mol. The van der Waals surface area contributed by atoms with Crippen LogP contribution < -0.4 is 0 Å². The summed E-state index contributed by atoms with van der Waals surface area (Å²) in [6.45, 7) is 4.23. The first-order valence-corrected chi connectivity index (χ1v) is 9.95. The van der Waals surface area contributed by atoms with E-state index in [9.17, 15) is 0 Å². The quantitative estimate of drug-likeness (QED) is 0.317. The maximum Gasteiger partial charge on any atom is 0.0704 e. The number of fused-ring (bicyclic) bond motifs is 3. The highest BCUT2D eigenvalue weighted by Gasteiger charge is 2.09. The van der Waals surface area contributed by atoms with Crippen LogP contribution in [0.5, 0.6) is 0 Å². The number of hydrogen-bond acceptors (Lipinski definition) is 2. The Kier molecular flexibility index (Phi) is 3.80. The Morgan fingerprint density at radius 3 is 2.19 bits per heavy atom. The Bertz CT molecular complexity index is 1280. The SMILES string of the molecule is Cc1ccc(-c2ccc3c(c2)sc2ccc(-c4cc(C)ccn4)cc23)cc1. The third-order valence-electron chi connectivity index (χ3n) is 5.07. The van der Waals surface area contributed by atoms with Crippen LogP contribution in [0.1, 0.15) is 11.1 Å². The van der Waals surface area contributed by atoms with E-state index in [4.69, 9.17) is 0 Å². The van der Waals surface area contributed by atoms with Crippen molar-refractivity contribution in [3.63, 3.8) is 0 Å². The van der Waals surface area contributed by atoms with Crippen molar-refractivity contribution in [3.8, 4) is 22.4 Å². The first-order chi connectivity index (χ1) is 13.2. The summed E-state index contributed by atoms with van der Waals surface area (Å²) in [5.74, 6) is 0. The van der Waals surface area contributed by atoms with Gasteiger partial charge in [-0.15, -0.1) is 11.3 Å². The lowest BCUT2D eigenvalue weighted by Gasteiger charge is -2.04. The van der Waals surface area contributed by atoms with Crippen LogP contribution in [0.4, 0.5) is 0 Å². The largest absolute Gasteiger partial charge is 0.256 e. The highest BCUT2D eigenvalue weighted by atomic mass is 32.1. The Hall–Kier alpha value is -2.97. The second-order valence-corrected chi connectivity index (χ2v) is 8.19. The Labute approximate surface area is 162 Å². The predicted octanol–water partition coefficient (Wildman–Crippen LogP) is 7.40. The molecule has 5 rings (SSSR count). The minimum Gasteiger partial charge on any atom is -0.256 e. The molecule has 0 N–H and O–H groups in total. The summed E-state index contributed by atoms with van der Waals surface area (Å²) in [6, 6.07) is 26.4. The summed E-state index contributed by atoms with van der Waals surface area (Å²) < 4.78 is 2.65. The maximum absolute atomic E-state index is 4.55. The second-order valence-electron chi connectivity index (χ2n) is 7.11. The van der Waals surface area contributed by atoms with E-state index in [1.54, 1.807) is 0 Å². The van der Waals surface area contributed by atoms with Crippen LogP contribution in [0.2, 0.25) is 0 Å². The van der Waals surface area contributed by atoms with E-state index in [-0.39, 0.29) is 0 Å². The number of benzene rings is 3. The van der Waals surface area contributed by atoms with Gasteiger partial charge in [-0.2, -0.15) is 0 Å². The van der Waals surface area contributed by atoms with Gasteiger partial charge in [-0.05, 0) is 60.9 Å².